The lowest BCUT2D eigenvalue weighted by molar-refractivity contribution is -0.384. The van der Waals surface area contributed by atoms with Crippen LogP contribution in [0.25, 0.3) is 0 Å². The molecule has 1 aromatic carbocycles. The highest BCUT2D eigenvalue weighted by molar-refractivity contribution is 8.14. The van der Waals surface area contributed by atoms with Crippen LogP contribution in [0.1, 0.15) is 5.56 Å². The first-order valence-electron chi connectivity index (χ1n) is 5.02. The minimum absolute atomic E-state index is 0.120. The number of non-ortho nitro benzene ring substituents is 1. The van der Waals surface area contributed by atoms with E-state index in [1.165, 1.54) is 17.8 Å². The number of nitro benzene ring substituents is 1. The molecule has 2 N–H and O–H groups in total. The average molecular weight is 249 g/mol. The second-order valence-electron chi connectivity index (χ2n) is 3.65. The van der Waals surface area contributed by atoms with Crippen molar-refractivity contribution in [1.29, 1.82) is 0 Å². The first-order chi connectivity index (χ1) is 8.15. The van der Waals surface area contributed by atoms with E-state index in [9.17, 15) is 10.1 Å². The highest BCUT2D eigenvalue weighted by Gasteiger charge is 2.09. The van der Waals surface area contributed by atoms with Gasteiger partial charge in [0.25, 0.3) is 5.69 Å². The van der Waals surface area contributed by atoms with Crippen molar-refractivity contribution in [2.24, 2.45) is 10.7 Å². The van der Waals surface area contributed by atoms with Crippen LogP contribution in [0.5, 0.6) is 0 Å². The van der Waals surface area contributed by atoms with Crippen LogP contribution < -0.4 is 5.73 Å². The Balaban J connectivity index is 2.14. The van der Waals surface area contributed by atoms with Crippen molar-refractivity contribution in [2.45, 2.75) is 6.42 Å². The summed E-state index contributed by atoms with van der Waals surface area (Å²) in [6, 6.07) is 6.65. The molecule has 0 aliphatic carbocycles. The van der Waals surface area contributed by atoms with Gasteiger partial charge in [-0.2, -0.15) is 0 Å². The standard InChI is InChI=1S/C11H11N3O2S/c12-11-13-6-9(7-17-11)4-8-2-1-3-10(5-8)14(15)16/h1-3,5-6H,4,7H2,(H2,12,13). The van der Waals surface area contributed by atoms with E-state index in [2.05, 4.69) is 4.99 Å². The van der Waals surface area contributed by atoms with Crippen LogP contribution >= 0.6 is 11.8 Å². The quantitative estimate of drug-likeness (QED) is 0.656. The van der Waals surface area contributed by atoms with Crippen LogP contribution in [-0.2, 0) is 6.42 Å². The van der Waals surface area contributed by atoms with Crippen molar-refractivity contribution >= 4 is 22.6 Å². The molecule has 1 heterocycles. The molecule has 0 unspecified atom stereocenters. The van der Waals surface area contributed by atoms with Crippen molar-refractivity contribution < 1.29 is 4.92 Å². The van der Waals surface area contributed by atoms with Gasteiger partial charge in [-0.3, -0.25) is 10.1 Å². The van der Waals surface area contributed by atoms with E-state index < -0.39 is 0 Å². The SMILES string of the molecule is NC1=NC=C(Cc2cccc([N+](=O)[O-])c2)CS1. The number of rotatable bonds is 3. The topological polar surface area (TPSA) is 81.5 Å². The molecule has 0 amide bonds. The molecule has 0 spiro atoms. The van der Waals surface area contributed by atoms with Crippen LogP contribution in [0.2, 0.25) is 0 Å². The Morgan fingerprint density at radius 3 is 3.00 bits per heavy atom. The van der Waals surface area contributed by atoms with Gasteiger partial charge in [-0.15, -0.1) is 0 Å². The summed E-state index contributed by atoms with van der Waals surface area (Å²) in [5.41, 5.74) is 7.69. The van der Waals surface area contributed by atoms with Crippen LogP contribution in [0.15, 0.2) is 41.0 Å². The van der Waals surface area contributed by atoms with Gasteiger partial charge in [0.15, 0.2) is 5.17 Å². The van der Waals surface area contributed by atoms with Crippen LogP contribution in [0, 0.1) is 10.1 Å². The summed E-state index contributed by atoms with van der Waals surface area (Å²) in [6.45, 7) is 0. The van der Waals surface area contributed by atoms with Crippen LogP contribution in [-0.4, -0.2) is 15.8 Å². The molecule has 0 fully saturated rings. The molecule has 1 aliphatic heterocycles. The number of benzene rings is 1. The highest BCUT2D eigenvalue weighted by Crippen LogP contribution is 2.20. The summed E-state index contributed by atoms with van der Waals surface area (Å²) >= 11 is 1.48. The van der Waals surface area contributed by atoms with E-state index in [1.807, 2.05) is 6.07 Å². The fourth-order valence-corrected chi connectivity index (χ4v) is 2.17. The molecule has 5 nitrogen and oxygen atoms in total. The maximum absolute atomic E-state index is 10.6. The smallest absolute Gasteiger partial charge is 0.269 e. The van der Waals surface area contributed by atoms with Gasteiger partial charge >= 0.3 is 0 Å². The Labute approximate surface area is 103 Å². The highest BCUT2D eigenvalue weighted by atomic mass is 32.2. The van der Waals surface area contributed by atoms with Crippen molar-refractivity contribution in [2.75, 3.05) is 5.75 Å². The van der Waals surface area contributed by atoms with E-state index in [-0.39, 0.29) is 10.6 Å². The van der Waals surface area contributed by atoms with Crippen LogP contribution in [0.4, 0.5) is 5.69 Å². The number of aliphatic imine (C=N–C) groups is 1. The predicted octanol–water partition coefficient (Wildman–Crippen LogP) is 2.08. The summed E-state index contributed by atoms with van der Waals surface area (Å²) < 4.78 is 0. The molecular formula is C11H11N3O2S. The molecule has 17 heavy (non-hydrogen) atoms. The second kappa shape index (κ2) is 5.01. The lowest BCUT2D eigenvalue weighted by Crippen LogP contribution is -2.11. The molecule has 0 bridgehead atoms. The van der Waals surface area contributed by atoms with Gasteiger partial charge in [-0.05, 0) is 17.6 Å². The zero-order valence-electron chi connectivity index (χ0n) is 9.00. The first kappa shape index (κ1) is 11.7. The maximum Gasteiger partial charge on any atom is 0.269 e. The van der Waals surface area contributed by atoms with E-state index in [1.54, 1.807) is 18.3 Å². The minimum Gasteiger partial charge on any atom is -0.378 e. The predicted molar refractivity (Wildman–Crippen MR) is 69.0 cm³/mol. The Hall–Kier alpha value is -1.82. The fraction of sp³-hybridized carbons (Fsp3) is 0.182. The van der Waals surface area contributed by atoms with E-state index in [0.717, 1.165) is 16.9 Å². The Morgan fingerprint density at radius 1 is 1.53 bits per heavy atom. The second-order valence-corrected chi connectivity index (χ2v) is 4.64. The van der Waals surface area contributed by atoms with Crippen molar-refractivity contribution in [3.8, 4) is 0 Å². The largest absolute Gasteiger partial charge is 0.378 e. The molecule has 6 heteroatoms. The lowest BCUT2D eigenvalue weighted by Gasteiger charge is -2.10. The molecule has 88 valence electrons. The molecule has 0 aromatic heterocycles. The van der Waals surface area contributed by atoms with E-state index in [0.29, 0.717) is 11.6 Å². The molecule has 0 radical (unpaired) electrons. The Bertz CT molecular complexity index is 511. The molecule has 0 saturated heterocycles. The fourth-order valence-electron chi connectivity index (χ4n) is 1.53. The van der Waals surface area contributed by atoms with Gasteiger partial charge in [-0.25, -0.2) is 4.99 Å². The Morgan fingerprint density at radius 2 is 2.35 bits per heavy atom. The number of amidine groups is 1. The van der Waals surface area contributed by atoms with Gasteiger partial charge in [0.2, 0.25) is 0 Å². The average Bonchev–Trinajstić information content (AvgIpc) is 2.32. The van der Waals surface area contributed by atoms with Gasteiger partial charge in [0, 0.05) is 24.1 Å². The number of hydrogen-bond donors (Lipinski definition) is 1. The molecular weight excluding hydrogens is 238 g/mol. The first-order valence-corrected chi connectivity index (χ1v) is 6.01. The summed E-state index contributed by atoms with van der Waals surface area (Å²) in [7, 11) is 0. The summed E-state index contributed by atoms with van der Waals surface area (Å²) in [6.07, 6.45) is 2.41. The number of nitrogens with two attached hydrogens (primary N) is 1. The summed E-state index contributed by atoms with van der Waals surface area (Å²) in [4.78, 5) is 14.3. The van der Waals surface area contributed by atoms with E-state index in [4.69, 9.17) is 5.73 Å². The van der Waals surface area contributed by atoms with Gasteiger partial charge < -0.3 is 5.73 Å². The third-order valence-electron chi connectivity index (χ3n) is 2.33. The molecule has 1 aliphatic rings. The summed E-state index contributed by atoms with van der Waals surface area (Å²) in [5.74, 6) is 0.790. The number of hydrogen-bond acceptors (Lipinski definition) is 5. The summed E-state index contributed by atoms with van der Waals surface area (Å²) in [5, 5.41) is 11.2. The Kier molecular flexibility index (Phi) is 3.43. The maximum atomic E-state index is 10.6. The zero-order chi connectivity index (χ0) is 12.3. The molecule has 1 aromatic rings. The van der Waals surface area contributed by atoms with Crippen molar-refractivity contribution in [3.63, 3.8) is 0 Å². The minimum atomic E-state index is -0.385. The molecule has 2 rings (SSSR count). The monoisotopic (exact) mass is 249 g/mol. The normalized spacial score (nSPS) is 15.1. The van der Waals surface area contributed by atoms with Crippen LogP contribution in [0.3, 0.4) is 0 Å². The zero-order valence-corrected chi connectivity index (χ0v) is 9.81. The van der Waals surface area contributed by atoms with Gasteiger partial charge in [-0.1, -0.05) is 23.9 Å². The van der Waals surface area contributed by atoms with Crippen molar-refractivity contribution in [3.05, 3.63) is 51.7 Å². The molecule has 0 saturated carbocycles. The number of nitrogens with zero attached hydrogens (tertiary/aromatic N) is 2. The third-order valence-corrected chi connectivity index (χ3v) is 3.25. The van der Waals surface area contributed by atoms with Crippen molar-refractivity contribution in [1.82, 2.24) is 0 Å². The number of nitro groups is 1. The molecule has 0 atom stereocenters. The lowest BCUT2D eigenvalue weighted by atomic mass is 10.1. The van der Waals surface area contributed by atoms with Gasteiger partial charge in [0.1, 0.15) is 0 Å². The third kappa shape index (κ3) is 3.07. The van der Waals surface area contributed by atoms with E-state index >= 15 is 0 Å². The number of thioether (sulfide) groups is 1. The van der Waals surface area contributed by atoms with Gasteiger partial charge in [0.05, 0.1) is 4.92 Å².